The van der Waals surface area contributed by atoms with E-state index in [9.17, 15) is 9.18 Å². The monoisotopic (exact) mass is 415 g/mol. The van der Waals surface area contributed by atoms with Gasteiger partial charge in [0.1, 0.15) is 11.3 Å². The predicted molar refractivity (Wildman–Crippen MR) is 118 cm³/mol. The number of rotatable bonds is 4. The number of piperazine rings is 1. The van der Waals surface area contributed by atoms with E-state index in [-0.39, 0.29) is 11.7 Å². The van der Waals surface area contributed by atoms with Gasteiger partial charge in [-0.1, -0.05) is 29.5 Å². The van der Waals surface area contributed by atoms with Gasteiger partial charge < -0.3 is 9.80 Å². The Bertz CT molecular complexity index is 1190. The average Bonchev–Trinajstić information content (AvgIpc) is 3.23. The second-order valence-electron chi connectivity index (χ2n) is 7.69. The molecule has 0 bridgehead atoms. The van der Waals surface area contributed by atoms with Crippen molar-refractivity contribution >= 4 is 22.6 Å². The number of fused-ring (bicyclic) bond motifs is 1. The summed E-state index contributed by atoms with van der Waals surface area (Å²) >= 11 is 0. The number of carbonyl (C=O) groups is 1. The van der Waals surface area contributed by atoms with E-state index in [1.165, 1.54) is 12.1 Å². The van der Waals surface area contributed by atoms with Crippen LogP contribution < -0.4 is 4.90 Å². The lowest BCUT2D eigenvalue weighted by molar-refractivity contribution is 0.0747. The van der Waals surface area contributed by atoms with Crippen LogP contribution in [-0.2, 0) is 6.54 Å². The van der Waals surface area contributed by atoms with Crippen LogP contribution in [0.1, 0.15) is 15.9 Å². The van der Waals surface area contributed by atoms with Crippen LogP contribution in [0.5, 0.6) is 0 Å². The van der Waals surface area contributed by atoms with E-state index < -0.39 is 0 Å². The van der Waals surface area contributed by atoms with Crippen LogP contribution in [0, 0.1) is 5.82 Å². The zero-order chi connectivity index (χ0) is 21.2. The first-order chi connectivity index (χ1) is 15.2. The summed E-state index contributed by atoms with van der Waals surface area (Å²) in [4.78, 5) is 17.0. The molecule has 1 fully saturated rings. The van der Waals surface area contributed by atoms with E-state index in [1.54, 1.807) is 12.1 Å². The fraction of sp³-hybridized carbons (Fsp3) is 0.208. The maximum Gasteiger partial charge on any atom is 0.253 e. The third-order valence-corrected chi connectivity index (χ3v) is 5.71. The summed E-state index contributed by atoms with van der Waals surface area (Å²) in [5, 5.41) is 8.41. The van der Waals surface area contributed by atoms with Gasteiger partial charge in [0.25, 0.3) is 5.91 Å². The highest BCUT2D eigenvalue weighted by Gasteiger charge is 2.22. The third-order valence-electron chi connectivity index (χ3n) is 5.71. The smallest absolute Gasteiger partial charge is 0.253 e. The van der Waals surface area contributed by atoms with Gasteiger partial charge in [-0.15, -0.1) is 5.10 Å². The van der Waals surface area contributed by atoms with Gasteiger partial charge in [0.2, 0.25) is 0 Å². The van der Waals surface area contributed by atoms with Crippen molar-refractivity contribution in [1.29, 1.82) is 0 Å². The van der Waals surface area contributed by atoms with Crippen LogP contribution >= 0.6 is 0 Å². The topological polar surface area (TPSA) is 54.3 Å². The van der Waals surface area contributed by atoms with Crippen LogP contribution in [-0.4, -0.2) is 52.0 Å². The molecule has 3 aromatic carbocycles. The molecular formula is C24H22FN5O. The van der Waals surface area contributed by atoms with Gasteiger partial charge in [0, 0.05) is 37.4 Å². The molecule has 0 unspecified atom stereocenters. The lowest BCUT2D eigenvalue weighted by atomic mass is 10.1. The Labute approximate surface area is 179 Å². The zero-order valence-electron chi connectivity index (χ0n) is 17.0. The fourth-order valence-corrected chi connectivity index (χ4v) is 3.96. The van der Waals surface area contributed by atoms with E-state index in [1.807, 2.05) is 58.1 Å². The van der Waals surface area contributed by atoms with E-state index in [0.717, 1.165) is 35.4 Å². The molecule has 6 nitrogen and oxygen atoms in total. The maximum absolute atomic E-state index is 13.1. The summed E-state index contributed by atoms with van der Waals surface area (Å²) < 4.78 is 15.0. The zero-order valence-corrected chi connectivity index (χ0v) is 17.0. The fourth-order valence-electron chi connectivity index (χ4n) is 3.96. The summed E-state index contributed by atoms with van der Waals surface area (Å²) in [6, 6.07) is 22.1. The molecule has 7 heteroatoms. The number of para-hydroxylation sites is 1. The Balaban J connectivity index is 1.22. The molecular weight excluding hydrogens is 393 g/mol. The van der Waals surface area contributed by atoms with Crippen molar-refractivity contribution in [2.24, 2.45) is 0 Å². The first kappa shape index (κ1) is 19.2. The van der Waals surface area contributed by atoms with Crippen molar-refractivity contribution in [2.75, 3.05) is 31.1 Å². The Morgan fingerprint density at radius 3 is 2.32 bits per heavy atom. The molecule has 2 heterocycles. The van der Waals surface area contributed by atoms with E-state index in [0.29, 0.717) is 25.2 Å². The molecule has 0 aliphatic carbocycles. The number of aromatic nitrogens is 3. The van der Waals surface area contributed by atoms with E-state index in [2.05, 4.69) is 15.2 Å². The van der Waals surface area contributed by atoms with Gasteiger partial charge in [0.05, 0.1) is 12.1 Å². The van der Waals surface area contributed by atoms with Gasteiger partial charge in [-0.3, -0.25) is 4.79 Å². The summed E-state index contributed by atoms with van der Waals surface area (Å²) in [5.41, 5.74) is 4.59. The maximum atomic E-state index is 13.1. The van der Waals surface area contributed by atoms with Crippen LogP contribution in [0.25, 0.3) is 11.0 Å². The van der Waals surface area contributed by atoms with E-state index in [4.69, 9.17) is 0 Å². The van der Waals surface area contributed by atoms with Crippen molar-refractivity contribution < 1.29 is 9.18 Å². The standard InChI is InChI=1S/C24H22FN5O/c25-20-9-11-21(12-10-20)28-13-15-29(16-14-28)24(31)19-7-5-18(6-8-19)17-30-23-4-2-1-3-22(23)26-27-30/h1-12H,13-17H2. The summed E-state index contributed by atoms with van der Waals surface area (Å²) in [5.74, 6) is -0.200. The molecule has 4 aromatic rings. The number of amides is 1. The SMILES string of the molecule is O=C(c1ccc(Cn2nnc3ccccc32)cc1)N1CCN(c2ccc(F)cc2)CC1. The number of anilines is 1. The first-order valence-electron chi connectivity index (χ1n) is 10.3. The number of benzene rings is 3. The molecule has 1 amide bonds. The van der Waals surface area contributed by atoms with Gasteiger partial charge >= 0.3 is 0 Å². The van der Waals surface area contributed by atoms with Gasteiger partial charge in [-0.05, 0) is 54.1 Å². The average molecular weight is 415 g/mol. The highest BCUT2D eigenvalue weighted by atomic mass is 19.1. The minimum atomic E-state index is -0.238. The second kappa shape index (κ2) is 8.18. The van der Waals surface area contributed by atoms with Crippen LogP contribution in [0.3, 0.4) is 0 Å². The molecule has 1 aliphatic rings. The molecule has 0 atom stereocenters. The normalized spacial score (nSPS) is 14.2. The number of hydrogen-bond acceptors (Lipinski definition) is 4. The van der Waals surface area contributed by atoms with E-state index >= 15 is 0 Å². The van der Waals surface area contributed by atoms with Crippen molar-refractivity contribution in [2.45, 2.75) is 6.54 Å². The highest BCUT2D eigenvalue weighted by Crippen LogP contribution is 2.18. The van der Waals surface area contributed by atoms with Crippen molar-refractivity contribution in [1.82, 2.24) is 19.9 Å². The van der Waals surface area contributed by atoms with Crippen molar-refractivity contribution in [3.8, 4) is 0 Å². The number of nitrogens with zero attached hydrogens (tertiary/aromatic N) is 5. The predicted octanol–water partition coefficient (Wildman–Crippen LogP) is 3.58. The molecule has 5 rings (SSSR count). The lowest BCUT2D eigenvalue weighted by Gasteiger charge is -2.36. The summed E-state index contributed by atoms with van der Waals surface area (Å²) in [7, 11) is 0. The molecule has 0 spiro atoms. The molecule has 1 saturated heterocycles. The minimum absolute atomic E-state index is 0.0384. The van der Waals surface area contributed by atoms with Crippen LogP contribution in [0.4, 0.5) is 10.1 Å². The number of halogens is 1. The van der Waals surface area contributed by atoms with Gasteiger partial charge in [-0.25, -0.2) is 9.07 Å². The molecule has 1 aromatic heterocycles. The largest absolute Gasteiger partial charge is 0.368 e. The Morgan fingerprint density at radius 1 is 0.871 bits per heavy atom. The molecule has 1 aliphatic heterocycles. The quantitative estimate of drug-likeness (QED) is 0.511. The third kappa shape index (κ3) is 3.99. The Hall–Kier alpha value is -3.74. The molecule has 0 saturated carbocycles. The number of carbonyl (C=O) groups excluding carboxylic acids is 1. The lowest BCUT2D eigenvalue weighted by Crippen LogP contribution is -2.48. The van der Waals surface area contributed by atoms with Gasteiger partial charge in [-0.2, -0.15) is 0 Å². The Kier molecular flexibility index (Phi) is 5.08. The van der Waals surface area contributed by atoms with Crippen molar-refractivity contribution in [3.63, 3.8) is 0 Å². The molecule has 31 heavy (non-hydrogen) atoms. The van der Waals surface area contributed by atoms with Crippen molar-refractivity contribution in [3.05, 3.63) is 89.7 Å². The molecule has 156 valence electrons. The molecule has 0 N–H and O–H groups in total. The Morgan fingerprint density at radius 2 is 1.58 bits per heavy atom. The summed E-state index contributed by atoms with van der Waals surface area (Å²) in [6.45, 7) is 3.35. The van der Waals surface area contributed by atoms with Crippen LogP contribution in [0.15, 0.2) is 72.8 Å². The highest BCUT2D eigenvalue weighted by molar-refractivity contribution is 5.94. The van der Waals surface area contributed by atoms with Gasteiger partial charge in [0.15, 0.2) is 0 Å². The number of hydrogen-bond donors (Lipinski definition) is 0. The second-order valence-corrected chi connectivity index (χ2v) is 7.69. The summed E-state index contributed by atoms with van der Waals surface area (Å²) in [6.07, 6.45) is 0. The van der Waals surface area contributed by atoms with Crippen LogP contribution in [0.2, 0.25) is 0 Å². The minimum Gasteiger partial charge on any atom is -0.368 e. The first-order valence-corrected chi connectivity index (χ1v) is 10.3. The molecule has 0 radical (unpaired) electrons.